The number of phenols is 1. The SMILES string of the molecule is Nc1cc(O)ccc1S(=O)(=O)[O-]. The zero-order valence-corrected chi connectivity index (χ0v) is 6.71. The van der Waals surface area contributed by atoms with Crippen molar-refractivity contribution in [2.24, 2.45) is 0 Å². The Bertz CT molecular complexity index is 398. The van der Waals surface area contributed by atoms with Crippen LogP contribution in [0.25, 0.3) is 0 Å². The zero-order chi connectivity index (χ0) is 9.35. The molecule has 0 saturated carbocycles. The van der Waals surface area contributed by atoms with Gasteiger partial charge in [-0.3, -0.25) is 0 Å². The van der Waals surface area contributed by atoms with Gasteiger partial charge in [0.1, 0.15) is 15.9 Å². The summed E-state index contributed by atoms with van der Waals surface area (Å²) in [5.74, 6) is -0.181. The summed E-state index contributed by atoms with van der Waals surface area (Å²) in [6, 6.07) is 3.05. The minimum Gasteiger partial charge on any atom is -0.744 e. The fourth-order valence-corrected chi connectivity index (χ4v) is 1.35. The number of hydrogen-bond acceptors (Lipinski definition) is 5. The van der Waals surface area contributed by atoms with Crippen LogP contribution in [0.1, 0.15) is 0 Å². The molecule has 0 heterocycles. The van der Waals surface area contributed by atoms with Gasteiger partial charge >= 0.3 is 0 Å². The van der Waals surface area contributed by atoms with Crippen molar-refractivity contribution in [2.45, 2.75) is 4.90 Å². The summed E-state index contributed by atoms with van der Waals surface area (Å²) >= 11 is 0. The lowest BCUT2D eigenvalue weighted by Gasteiger charge is -2.09. The number of hydrogen-bond donors (Lipinski definition) is 2. The second-order valence-corrected chi connectivity index (χ2v) is 3.52. The second-order valence-electron chi connectivity index (χ2n) is 2.18. The number of nitrogen functional groups attached to an aromatic ring is 1. The van der Waals surface area contributed by atoms with Gasteiger partial charge in [0, 0.05) is 6.07 Å². The van der Waals surface area contributed by atoms with Crippen molar-refractivity contribution in [3.05, 3.63) is 18.2 Å². The lowest BCUT2D eigenvalue weighted by molar-refractivity contribution is 0.462. The molecule has 0 spiro atoms. The minimum absolute atomic E-state index is 0.181. The third-order valence-corrected chi connectivity index (χ3v) is 2.17. The highest BCUT2D eigenvalue weighted by Crippen LogP contribution is 2.22. The van der Waals surface area contributed by atoms with Crippen LogP contribution < -0.4 is 5.73 Å². The number of anilines is 1. The molecule has 0 fully saturated rings. The van der Waals surface area contributed by atoms with Crippen molar-refractivity contribution < 1.29 is 18.1 Å². The highest BCUT2D eigenvalue weighted by Gasteiger charge is 2.05. The van der Waals surface area contributed by atoms with E-state index in [0.29, 0.717) is 0 Å². The molecule has 0 unspecified atom stereocenters. The molecule has 1 aromatic rings. The van der Waals surface area contributed by atoms with Crippen molar-refractivity contribution in [3.63, 3.8) is 0 Å². The number of rotatable bonds is 1. The molecule has 0 amide bonds. The van der Waals surface area contributed by atoms with Crippen LogP contribution in [0.3, 0.4) is 0 Å². The summed E-state index contributed by atoms with van der Waals surface area (Å²) in [4.78, 5) is -0.514. The first-order valence-electron chi connectivity index (χ1n) is 2.95. The topological polar surface area (TPSA) is 103 Å². The molecule has 6 heteroatoms. The third kappa shape index (κ3) is 1.66. The zero-order valence-electron chi connectivity index (χ0n) is 5.89. The van der Waals surface area contributed by atoms with Gasteiger partial charge in [-0.05, 0) is 12.1 Å². The molecular weight excluding hydrogens is 182 g/mol. The first kappa shape index (κ1) is 8.82. The summed E-state index contributed by atoms with van der Waals surface area (Å²) < 4.78 is 31.3. The van der Waals surface area contributed by atoms with E-state index < -0.39 is 15.0 Å². The molecular formula is C6H6NO4S-. The number of aromatic hydroxyl groups is 1. The third-order valence-electron chi connectivity index (χ3n) is 1.26. The maximum absolute atomic E-state index is 10.4. The van der Waals surface area contributed by atoms with E-state index in [1.165, 1.54) is 0 Å². The molecule has 0 aliphatic carbocycles. The highest BCUT2D eigenvalue weighted by atomic mass is 32.2. The Morgan fingerprint density at radius 3 is 2.42 bits per heavy atom. The van der Waals surface area contributed by atoms with Crippen LogP contribution in [0.4, 0.5) is 5.69 Å². The van der Waals surface area contributed by atoms with Gasteiger partial charge in [-0.2, -0.15) is 0 Å². The fraction of sp³-hybridized carbons (Fsp3) is 0. The Morgan fingerprint density at radius 1 is 1.42 bits per heavy atom. The molecule has 1 rings (SSSR count). The van der Waals surface area contributed by atoms with Crippen LogP contribution >= 0.6 is 0 Å². The lowest BCUT2D eigenvalue weighted by Crippen LogP contribution is -2.02. The lowest BCUT2D eigenvalue weighted by atomic mass is 10.3. The van der Waals surface area contributed by atoms with E-state index in [0.717, 1.165) is 18.2 Å². The van der Waals surface area contributed by atoms with Crippen molar-refractivity contribution >= 4 is 15.8 Å². The predicted octanol–water partition coefficient (Wildman–Crippen LogP) is -0.121. The largest absolute Gasteiger partial charge is 0.744 e. The van der Waals surface area contributed by atoms with Crippen LogP contribution in [0.2, 0.25) is 0 Å². The molecule has 12 heavy (non-hydrogen) atoms. The van der Waals surface area contributed by atoms with E-state index >= 15 is 0 Å². The van der Waals surface area contributed by atoms with Gasteiger partial charge < -0.3 is 15.4 Å². The van der Waals surface area contributed by atoms with Crippen molar-refractivity contribution in [1.82, 2.24) is 0 Å². The van der Waals surface area contributed by atoms with Crippen LogP contribution in [-0.4, -0.2) is 18.1 Å². The molecule has 0 aliphatic rings. The molecule has 0 atom stereocenters. The average Bonchev–Trinajstić information content (AvgIpc) is 1.83. The Morgan fingerprint density at radius 2 is 2.00 bits per heavy atom. The van der Waals surface area contributed by atoms with E-state index in [-0.39, 0.29) is 11.4 Å². The monoisotopic (exact) mass is 188 g/mol. The van der Waals surface area contributed by atoms with Gasteiger partial charge in [0.2, 0.25) is 0 Å². The maximum atomic E-state index is 10.4. The van der Waals surface area contributed by atoms with Gasteiger partial charge in [-0.25, -0.2) is 8.42 Å². The van der Waals surface area contributed by atoms with Gasteiger partial charge in [0.05, 0.1) is 10.6 Å². The summed E-state index contributed by atoms with van der Waals surface area (Å²) in [6.45, 7) is 0. The van der Waals surface area contributed by atoms with Crippen LogP contribution in [0.5, 0.6) is 5.75 Å². The van der Waals surface area contributed by atoms with Crippen LogP contribution in [-0.2, 0) is 10.1 Å². The number of nitrogens with two attached hydrogens (primary N) is 1. The summed E-state index contributed by atoms with van der Waals surface area (Å²) in [6.07, 6.45) is 0. The quantitative estimate of drug-likeness (QED) is 0.472. The van der Waals surface area contributed by atoms with E-state index in [1.54, 1.807) is 0 Å². The molecule has 0 saturated heterocycles. The normalized spacial score (nSPS) is 11.4. The standard InChI is InChI=1S/C6H7NO4S/c7-5-3-4(8)1-2-6(5)12(9,10)11/h1-3,8H,7H2,(H,9,10,11)/p-1. The molecule has 3 N–H and O–H groups in total. The Labute approximate surface area is 69.2 Å². The second kappa shape index (κ2) is 2.65. The summed E-state index contributed by atoms with van der Waals surface area (Å²) in [5.41, 5.74) is 4.92. The van der Waals surface area contributed by atoms with Gasteiger partial charge in [0.25, 0.3) is 0 Å². The molecule has 0 aliphatic heterocycles. The Balaban J connectivity index is 3.39. The van der Waals surface area contributed by atoms with Gasteiger partial charge in [-0.1, -0.05) is 0 Å². The van der Waals surface area contributed by atoms with E-state index in [9.17, 15) is 13.0 Å². The van der Waals surface area contributed by atoms with Crippen molar-refractivity contribution in [1.29, 1.82) is 0 Å². The van der Waals surface area contributed by atoms with E-state index in [1.807, 2.05) is 0 Å². The highest BCUT2D eigenvalue weighted by molar-refractivity contribution is 7.86. The van der Waals surface area contributed by atoms with Crippen LogP contribution in [0, 0.1) is 0 Å². The molecule has 1 aromatic carbocycles. The van der Waals surface area contributed by atoms with E-state index in [4.69, 9.17) is 10.8 Å². The molecule has 0 bridgehead atoms. The summed E-state index contributed by atoms with van der Waals surface area (Å²) in [7, 11) is -4.54. The van der Waals surface area contributed by atoms with E-state index in [2.05, 4.69) is 0 Å². The summed E-state index contributed by atoms with van der Waals surface area (Å²) in [5, 5.41) is 8.83. The molecule has 5 nitrogen and oxygen atoms in total. The minimum atomic E-state index is -4.54. The predicted molar refractivity (Wildman–Crippen MR) is 40.5 cm³/mol. The number of phenolic OH excluding ortho intramolecular Hbond substituents is 1. The van der Waals surface area contributed by atoms with Crippen molar-refractivity contribution in [2.75, 3.05) is 5.73 Å². The smallest absolute Gasteiger partial charge is 0.126 e. The Hall–Kier alpha value is -1.27. The van der Waals surface area contributed by atoms with Gasteiger partial charge in [0.15, 0.2) is 0 Å². The van der Waals surface area contributed by atoms with Crippen molar-refractivity contribution in [3.8, 4) is 5.75 Å². The van der Waals surface area contributed by atoms with Gasteiger partial charge in [-0.15, -0.1) is 0 Å². The first-order valence-corrected chi connectivity index (χ1v) is 4.36. The van der Waals surface area contributed by atoms with Crippen LogP contribution in [0.15, 0.2) is 23.1 Å². The molecule has 0 radical (unpaired) electrons. The number of benzene rings is 1. The first-order chi connectivity index (χ1) is 5.41. The average molecular weight is 188 g/mol. The fourth-order valence-electron chi connectivity index (χ4n) is 0.764. The Kier molecular flexibility index (Phi) is 1.95. The molecule has 66 valence electrons. The molecule has 0 aromatic heterocycles. The maximum Gasteiger partial charge on any atom is 0.126 e.